The van der Waals surface area contributed by atoms with E-state index in [-0.39, 0.29) is 24.8 Å². The van der Waals surface area contributed by atoms with Gasteiger partial charge in [0, 0.05) is 19.6 Å². The van der Waals surface area contributed by atoms with E-state index in [0.717, 1.165) is 48.9 Å². The highest BCUT2D eigenvalue weighted by molar-refractivity contribution is 5.91. The fourth-order valence-corrected chi connectivity index (χ4v) is 3.26. The quantitative estimate of drug-likeness (QED) is 0.922. The maximum absolute atomic E-state index is 12.3. The van der Waals surface area contributed by atoms with Gasteiger partial charge in [0.15, 0.2) is 0 Å². The van der Waals surface area contributed by atoms with Gasteiger partial charge in [0.2, 0.25) is 11.8 Å². The summed E-state index contributed by atoms with van der Waals surface area (Å²) < 4.78 is 0. The Labute approximate surface area is 148 Å². The molecule has 5 heteroatoms. The van der Waals surface area contributed by atoms with Crippen molar-refractivity contribution in [2.45, 2.75) is 12.8 Å². The summed E-state index contributed by atoms with van der Waals surface area (Å²) in [5.41, 5.74) is 0.986. The molecule has 2 aromatic rings. The Morgan fingerprint density at radius 2 is 1.80 bits per heavy atom. The van der Waals surface area contributed by atoms with Crippen molar-refractivity contribution < 1.29 is 9.59 Å². The lowest BCUT2D eigenvalue weighted by molar-refractivity contribution is -0.132. The largest absolute Gasteiger partial charge is 0.347 e. The summed E-state index contributed by atoms with van der Waals surface area (Å²) in [6.45, 7) is 3.47. The van der Waals surface area contributed by atoms with Gasteiger partial charge in [-0.3, -0.25) is 9.59 Å². The molecule has 1 N–H and O–H groups in total. The van der Waals surface area contributed by atoms with Gasteiger partial charge in [-0.15, -0.1) is 0 Å². The molecule has 0 spiro atoms. The van der Waals surface area contributed by atoms with E-state index in [2.05, 4.69) is 17.3 Å². The zero-order chi connectivity index (χ0) is 17.6. The molecule has 0 radical (unpaired) electrons. The fourth-order valence-electron chi connectivity index (χ4n) is 3.26. The summed E-state index contributed by atoms with van der Waals surface area (Å²) in [5.74, 6) is -0.113. The van der Waals surface area contributed by atoms with E-state index in [1.807, 2.05) is 47.4 Å². The number of hydrogen-bond acceptors (Lipinski definition) is 3. The Kier molecular flexibility index (Phi) is 5.66. The summed E-state index contributed by atoms with van der Waals surface area (Å²) in [6, 6.07) is 14.0. The maximum atomic E-state index is 12.3. The van der Waals surface area contributed by atoms with E-state index in [9.17, 15) is 9.59 Å². The molecule has 2 amide bonds. The third-order valence-electron chi connectivity index (χ3n) is 4.74. The average molecular weight is 339 g/mol. The molecule has 2 aromatic carbocycles. The van der Waals surface area contributed by atoms with E-state index in [1.54, 1.807) is 0 Å². The predicted molar refractivity (Wildman–Crippen MR) is 99.4 cm³/mol. The molecule has 1 fully saturated rings. The van der Waals surface area contributed by atoms with Crippen LogP contribution in [0.4, 0.5) is 0 Å². The van der Waals surface area contributed by atoms with Crippen LogP contribution in [0.2, 0.25) is 0 Å². The first-order chi connectivity index (χ1) is 12.1. The second-order valence-electron chi connectivity index (χ2n) is 6.63. The number of carbonyl (C=O) groups excluding carboxylic acids is 2. The van der Waals surface area contributed by atoms with Gasteiger partial charge >= 0.3 is 0 Å². The van der Waals surface area contributed by atoms with Gasteiger partial charge in [-0.2, -0.15) is 0 Å². The molecule has 0 unspecified atom stereocenters. The van der Waals surface area contributed by atoms with Gasteiger partial charge < -0.3 is 15.1 Å². The van der Waals surface area contributed by atoms with Crippen LogP contribution in [0.25, 0.3) is 10.8 Å². The number of nitrogens with zero attached hydrogens (tertiary/aromatic N) is 2. The summed E-state index contributed by atoms with van der Waals surface area (Å²) in [5, 5.41) is 4.99. The molecule has 25 heavy (non-hydrogen) atoms. The lowest BCUT2D eigenvalue weighted by Crippen LogP contribution is -2.42. The minimum atomic E-state index is -0.114. The summed E-state index contributed by atoms with van der Waals surface area (Å²) >= 11 is 0. The van der Waals surface area contributed by atoms with Crippen molar-refractivity contribution in [1.82, 2.24) is 15.1 Å². The zero-order valence-electron chi connectivity index (χ0n) is 14.7. The van der Waals surface area contributed by atoms with Crippen molar-refractivity contribution in [3.63, 3.8) is 0 Å². The Hall–Kier alpha value is -2.40. The number of fused-ring (bicyclic) bond motifs is 1. The monoisotopic (exact) mass is 339 g/mol. The molecule has 0 aromatic heterocycles. The van der Waals surface area contributed by atoms with E-state index in [4.69, 9.17) is 0 Å². The van der Waals surface area contributed by atoms with Crippen LogP contribution in [0.15, 0.2) is 42.5 Å². The number of nitrogens with one attached hydrogen (secondary N) is 1. The first-order valence-electron chi connectivity index (χ1n) is 8.83. The van der Waals surface area contributed by atoms with Crippen molar-refractivity contribution in [2.75, 3.05) is 39.8 Å². The molecule has 1 aliphatic rings. The van der Waals surface area contributed by atoms with Crippen LogP contribution in [-0.2, 0) is 16.0 Å². The van der Waals surface area contributed by atoms with Crippen LogP contribution < -0.4 is 5.32 Å². The van der Waals surface area contributed by atoms with E-state index in [1.165, 1.54) is 0 Å². The van der Waals surface area contributed by atoms with Gasteiger partial charge in [0.05, 0.1) is 13.0 Å². The standard InChI is InChI=1S/C20H25N3O2/c1-22-10-5-11-23(13-12-22)20(25)15-21-19(24)14-17-8-4-7-16-6-2-3-9-18(16)17/h2-4,6-9H,5,10-15H2,1H3,(H,21,24). The number of carbonyl (C=O) groups is 2. The lowest BCUT2D eigenvalue weighted by atomic mass is 10.0. The third kappa shape index (κ3) is 4.57. The Morgan fingerprint density at radius 3 is 2.68 bits per heavy atom. The van der Waals surface area contributed by atoms with Crippen LogP contribution in [0.5, 0.6) is 0 Å². The highest BCUT2D eigenvalue weighted by atomic mass is 16.2. The molecule has 0 atom stereocenters. The van der Waals surface area contributed by atoms with Crippen LogP contribution in [0.1, 0.15) is 12.0 Å². The Bertz CT molecular complexity index is 754. The second kappa shape index (κ2) is 8.12. The Morgan fingerprint density at radius 1 is 1.00 bits per heavy atom. The van der Waals surface area contributed by atoms with Crippen molar-refractivity contribution in [3.05, 3.63) is 48.0 Å². The predicted octanol–water partition coefficient (Wildman–Crippen LogP) is 1.66. The molecule has 5 nitrogen and oxygen atoms in total. The molecule has 1 saturated heterocycles. The SMILES string of the molecule is CN1CCCN(C(=O)CNC(=O)Cc2cccc3ccccc23)CC1. The normalized spacial score (nSPS) is 15.8. The second-order valence-corrected chi connectivity index (χ2v) is 6.63. The first-order valence-corrected chi connectivity index (χ1v) is 8.83. The molecule has 1 heterocycles. The summed E-state index contributed by atoms with van der Waals surface area (Å²) in [4.78, 5) is 28.7. The van der Waals surface area contributed by atoms with Crippen LogP contribution in [0.3, 0.4) is 0 Å². The summed E-state index contributed by atoms with van der Waals surface area (Å²) in [7, 11) is 2.07. The zero-order valence-corrected chi connectivity index (χ0v) is 14.7. The fraction of sp³-hybridized carbons (Fsp3) is 0.400. The highest BCUT2D eigenvalue weighted by Gasteiger charge is 2.18. The number of benzene rings is 2. The van der Waals surface area contributed by atoms with Crippen LogP contribution >= 0.6 is 0 Å². The molecule has 0 saturated carbocycles. The van der Waals surface area contributed by atoms with Crippen molar-refractivity contribution in [2.24, 2.45) is 0 Å². The number of hydrogen-bond donors (Lipinski definition) is 1. The minimum Gasteiger partial charge on any atom is -0.347 e. The van der Waals surface area contributed by atoms with Gasteiger partial charge in [-0.25, -0.2) is 0 Å². The number of amides is 2. The number of likely N-dealkylation sites (N-methyl/N-ethyl adjacent to an activating group) is 1. The molecule has 0 aliphatic carbocycles. The smallest absolute Gasteiger partial charge is 0.242 e. The van der Waals surface area contributed by atoms with E-state index < -0.39 is 0 Å². The molecule has 1 aliphatic heterocycles. The molecular weight excluding hydrogens is 314 g/mol. The minimum absolute atomic E-state index is 0.00145. The van der Waals surface area contributed by atoms with Gasteiger partial charge in [0.25, 0.3) is 0 Å². The van der Waals surface area contributed by atoms with Gasteiger partial charge in [-0.05, 0) is 36.3 Å². The van der Waals surface area contributed by atoms with E-state index in [0.29, 0.717) is 0 Å². The van der Waals surface area contributed by atoms with Crippen LogP contribution in [0, 0.1) is 0 Å². The maximum Gasteiger partial charge on any atom is 0.242 e. The molecule has 0 bridgehead atoms. The summed E-state index contributed by atoms with van der Waals surface area (Å²) in [6.07, 6.45) is 1.27. The topological polar surface area (TPSA) is 52.6 Å². The number of rotatable bonds is 4. The molecule has 132 valence electrons. The third-order valence-corrected chi connectivity index (χ3v) is 4.74. The highest BCUT2D eigenvalue weighted by Crippen LogP contribution is 2.18. The Balaban J connectivity index is 1.55. The molecular formula is C20H25N3O2. The average Bonchev–Trinajstić information content (AvgIpc) is 2.85. The first kappa shape index (κ1) is 17.4. The molecule has 3 rings (SSSR count). The van der Waals surface area contributed by atoms with Crippen molar-refractivity contribution >= 4 is 22.6 Å². The van der Waals surface area contributed by atoms with Crippen molar-refractivity contribution in [3.8, 4) is 0 Å². The van der Waals surface area contributed by atoms with Crippen molar-refractivity contribution in [1.29, 1.82) is 0 Å². The van der Waals surface area contributed by atoms with Crippen LogP contribution in [-0.4, -0.2) is 61.4 Å². The van der Waals surface area contributed by atoms with E-state index >= 15 is 0 Å². The van der Waals surface area contributed by atoms with Gasteiger partial charge in [0.1, 0.15) is 0 Å². The lowest BCUT2D eigenvalue weighted by Gasteiger charge is -2.20. The van der Waals surface area contributed by atoms with Gasteiger partial charge in [-0.1, -0.05) is 42.5 Å².